The molecule has 2 aromatic carbocycles. The van der Waals surface area contributed by atoms with Crippen LogP contribution < -0.4 is 9.64 Å². The monoisotopic (exact) mass is 577 g/mol. The second-order valence-electron chi connectivity index (χ2n) is 9.51. The minimum absolute atomic E-state index is 0.0785. The number of likely N-dealkylation sites (N-methyl/N-ethyl adjacent to an activating group) is 1. The molecule has 2 amide bonds. The molecule has 38 heavy (non-hydrogen) atoms. The van der Waals surface area contributed by atoms with Gasteiger partial charge in [0.1, 0.15) is 17.1 Å². The van der Waals surface area contributed by atoms with Crippen LogP contribution in [0.3, 0.4) is 0 Å². The minimum Gasteiger partial charge on any atom is -0.410 e. The fraction of sp³-hybridized carbons (Fsp3) is 0.385. The number of aromatic nitrogens is 2. The second kappa shape index (κ2) is 11.4. The van der Waals surface area contributed by atoms with Crippen molar-refractivity contribution in [1.82, 2.24) is 20.0 Å². The summed E-state index contributed by atoms with van der Waals surface area (Å²) in [5.74, 6) is -0.404. The Morgan fingerprint density at radius 1 is 1.08 bits per heavy atom. The maximum absolute atomic E-state index is 13.6. The molecule has 0 N–H and O–H groups in total. The summed E-state index contributed by atoms with van der Waals surface area (Å²) in [4.78, 5) is 32.2. The van der Waals surface area contributed by atoms with Gasteiger partial charge in [0.2, 0.25) is 11.0 Å². The van der Waals surface area contributed by atoms with Gasteiger partial charge in [-0.2, -0.15) is 0 Å². The summed E-state index contributed by atoms with van der Waals surface area (Å²) in [5, 5.41) is 9.76. The van der Waals surface area contributed by atoms with E-state index in [0.717, 1.165) is 36.6 Å². The number of hydrogen-bond donors (Lipinski definition) is 0. The number of rotatable bonds is 5. The molecule has 8 nitrogen and oxygen atoms in total. The minimum atomic E-state index is -0.591. The van der Waals surface area contributed by atoms with E-state index in [1.54, 1.807) is 24.7 Å². The van der Waals surface area contributed by atoms with Crippen LogP contribution in [-0.4, -0.2) is 71.3 Å². The number of halogens is 3. The molecule has 5 rings (SSSR count). The first-order valence-corrected chi connectivity index (χ1v) is 13.9. The summed E-state index contributed by atoms with van der Waals surface area (Å²) in [5.41, 5.74) is 2.59. The molecule has 0 unspecified atom stereocenters. The SMILES string of the molecule is CN(C(=O)Oc1ccc(F)cc1)[C@H]1CN(C(=O)C2CCN(c3nncs3)CC2)C[C@@H]1c1ccc(Cl)c(Cl)c1. The first-order chi connectivity index (χ1) is 18.3. The molecule has 1 aromatic heterocycles. The predicted octanol–water partition coefficient (Wildman–Crippen LogP) is 5.33. The van der Waals surface area contributed by atoms with Gasteiger partial charge in [-0.05, 0) is 54.8 Å². The highest BCUT2D eigenvalue weighted by Gasteiger charge is 2.42. The van der Waals surface area contributed by atoms with Crippen molar-refractivity contribution < 1.29 is 18.7 Å². The zero-order chi connectivity index (χ0) is 26.8. The largest absolute Gasteiger partial charge is 0.415 e. The maximum Gasteiger partial charge on any atom is 0.415 e. The lowest BCUT2D eigenvalue weighted by molar-refractivity contribution is -0.135. The highest BCUT2D eigenvalue weighted by Crippen LogP contribution is 2.36. The van der Waals surface area contributed by atoms with Gasteiger partial charge in [-0.15, -0.1) is 10.2 Å². The quantitative estimate of drug-likeness (QED) is 0.408. The van der Waals surface area contributed by atoms with E-state index in [9.17, 15) is 14.0 Å². The van der Waals surface area contributed by atoms with E-state index >= 15 is 0 Å². The summed E-state index contributed by atoms with van der Waals surface area (Å²) in [6.07, 6.45) is 0.852. The first kappa shape index (κ1) is 26.6. The highest BCUT2D eigenvalue weighted by molar-refractivity contribution is 7.13. The lowest BCUT2D eigenvalue weighted by Gasteiger charge is -2.33. The summed E-state index contributed by atoms with van der Waals surface area (Å²) < 4.78 is 18.8. The Hall–Kier alpha value is -2.95. The van der Waals surface area contributed by atoms with Crippen molar-refractivity contribution in [3.05, 3.63) is 69.4 Å². The van der Waals surface area contributed by atoms with Crippen LogP contribution in [0.25, 0.3) is 0 Å². The van der Waals surface area contributed by atoms with Crippen molar-refractivity contribution in [2.24, 2.45) is 5.92 Å². The van der Waals surface area contributed by atoms with Crippen LogP contribution in [0.15, 0.2) is 48.0 Å². The number of ether oxygens (including phenoxy) is 1. The van der Waals surface area contributed by atoms with Gasteiger partial charge >= 0.3 is 6.09 Å². The Kier molecular flexibility index (Phi) is 8.01. The van der Waals surface area contributed by atoms with Crippen LogP contribution in [0.2, 0.25) is 10.0 Å². The standard InChI is InChI=1S/C26H26Cl2FN5O3S/c1-32(26(36)37-19-5-3-18(29)4-6-19)23-14-34(13-20(23)17-2-7-21(27)22(28)12-17)24(35)16-8-10-33(11-9-16)25-31-30-15-38-25/h2-7,12,15-16,20,23H,8-11,13-14H2,1H3/t20-,23+/m1/s1. The molecular weight excluding hydrogens is 552 g/mol. The van der Waals surface area contributed by atoms with E-state index in [2.05, 4.69) is 15.1 Å². The van der Waals surface area contributed by atoms with Crippen LogP contribution >= 0.6 is 34.5 Å². The average molecular weight is 578 g/mol. The molecule has 2 atom stereocenters. The number of hydrogen-bond acceptors (Lipinski definition) is 7. The van der Waals surface area contributed by atoms with Gasteiger partial charge in [-0.3, -0.25) is 4.79 Å². The summed E-state index contributed by atoms with van der Waals surface area (Å²) in [7, 11) is 1.65. The Balaban J connectivity index is 1.31. The molecule has 0 saturated carbocycles. The van der Waals surface area contributed by atoms with Gasteiger partial charge in [-0.25, -0.2) is 9.18 Å². The third-order valence-corrected chi connectivity index (χ3v) is 8.73. The molecule has 0 aliphatic carbocycles. The lowest BCUT2D eigenvalue weighted by Crippen LogP contribution is -2.45. The van der Waals surface area contributed by atoms with Crippen LogP contribution in [0.5, 0.6) is 5.75 Å². The number of likely N-dealkylation sites (tertiary alicyclic amines) is 1. The van der Waals surface area contributed by atoms with Gasteiger partial charge in [0.05, 0.1) is 16.1 Å². The highest BCUT2D eigenvalue weighted by atomic mass is 35.5. The number of benzene rings is 2. The average Bonchev–Trinajstić information content (AvgIpc) is 3.62. The van der Waals surface area contributed by atoms with E-state index in [4.69, 9.17) is 27.9 Å². The van der Waals surface area contributed by atoms with Gasteiger partial charge in [0.25, 0.3) is 0 Å². The Morgan fingerprint density at radius 2 is 1.82 bits per heavy atom. The molecule has 200 valence electrons. The fourth-order valence-electron chi connectivity index (χ4n) is 5.12. The van der Waals surface area contributed by atoms with Gasteiger partial charge in [0, 0.05) is 45.1 Å². The number of carbonyl (C=O) groups excluding carboxylic acids is 2. The predicted molar refractivity (Wildman–Crippen MR) is 145 cm³/mol. The van der Waals surface area contributed by atoms with Crippen molar-refractivity contribution in [2.75, 3.05) is 38.1 Å². The molecule has 3 heterocycles. The van der Waals surface area contributed by atoms with Crippen molar-refractivity contribution in [3.8, 4) is 5.75 Å². The van der Waals surface area contributed by atoms with Crippen molar-refractivity contribution in [2.45, 2.75) is 24.8 Å². The van der Waals surface area contributed by atoms with Gasteiger partial charge < -0.3 is 19.4 Å². The summed E-state index contributed by atoms with van der Waals surface area (Å²) in [6.45, 7) is 2.27. The Morgan fingerprint density at radius 3 is 2.47 bits per heavy atom. The number of carbonyl (C=O) groups is 2. The molecule has 2 fully saturated rings. The fourth-order valence-corrected chi connectivity index (χ4v) is 6.04. The van der Waals surface area contributed by atoms with Crippen molar-refractivity contribution >= 4 is 51.7 Å². The van der Waals surface area contributed by atoms with Crippen molar-refractivity contribution in [3.63, 3.8) is 0 Å². The van der Waals surface area contributed by atoms with Crippen LogP contribution in [-0.2, 0) is 4.79 Å². The van der Waals surface area contributed by atoms with E-state index < -0.39 is 11.9 Å². The van der Waals surface area contributed by atoms with Crippen LogP contribution in [0.1, 0.15) is 24.3 Å². The third-order valence-electron chi connectivity index (χ3n) is 7.24. The Labute approximate surface area is 233 Å². The normalized spacial score (nSPS) is 20.0. The number of anilines is 1. The topological polar surface area (TPSA) is 78.9 Å². The number of nitrogens with zero attached hydrogens (tertiary/aromatic N) is 5. The summed E-state index contributed by atoms with van der Waals surface area (Å²) >= 11 is 14.0. The smallest absolute Gasteiger partial charge is 0.410 e. The molecule has 0 radical (unpaired) electrons. The Bertz CT molecular complexity index is 1290. The molecule has 3 aromatic rings. The molecular formula is C26H26Cl2FN5O3S. The van der Waals surface area contributed by atoms with E-state index in [1.165, 1.54) is 40.5 Å². The molecule has 2 aliphatic rings. The van der Waals surface area contributed by atoms with Crippen LogP contribution in [0, 0.1) is 11.7 Å². The van der Waals surface area contributed by atoms with Gasteiger partial charge in [0.15, 0.2) is 0 Å². The molecule has 12 heteroatoms. The third kappa shape index (κ3) is 5.72. The molecule has 0 bridgehead atoms. The zero-order valence-corrected chi connectivity index (χ0v) is 22.9. The first-order valence-electron chi connectivity index (χ1n) is 12.2. The summed E-state index contributed by atoms with van der Waals surface area (Å²) in [6, 6.07) is 10.3. The zero-order valence-electron chi connectivity index (χ0n) is 20.6. The lowest BCUT2D eigenvalue weighted by atomic mass is 9.93. The maximum atomic E-state index is 13.6. The number of piperidine rings is 1. The second-order valence-corrected chi connectivity index (χ2v) is 11.1. The van der Waals surface area contributed by atoms with Gasteiger partial charge in [-0.1, -0.05) is 40.6 Å². The molecule has 2 saturated heterocycles. The van der Waals surface area contributed by atoms with E-state index in [1.807, 2.05) is 11.0 Å². The van der Waals surface area contributed by atoms with E-state index in [0.29, 0.717) is 23.1 Å². The van der Waals surface area contributed by atoms with Crippen molar-refractivity contribution in [1.29, 1.82) is 0 Å². The molecule has 2 aliphatic heterocycles. The number of amides is 2. The molecule has 0 spiro atoms. The van der Waals surface area contributed by atoms with Crippen LogP contribution in [0.4, 0.5) is 14.3 Å². The van der Waals surface area contributed by atoms with E-state index in [-0.39, 0.29) is 29.5 Å².